The summed E-state index contributed by atoms with van der Waals surface area (Å²) in [6.45, 7) is 8.88. The normalized spacial score (nSPS) is 26.2. The number of carbonyl (C=O) groups is 1. The number of likely N-dealkylation sites (N-methyl/N-ethyl adjacent to an activating group) is 1. The molecule has 2 atom stereocenters. The van der Waals surface area contributed by atoms with Crippen molar-refractivity contribution < 1.29 is 4.79 Å². The number of hydrogen-bond acceptors (Lipinski definition) is 4. The summed E-state index contributed by atoms with van der Waals surface area (Å²) >= 11 is 0. The molecule has 2 fully saturated rings. The molecule has 24 heavy (non-hydrogen) atoms. The summed E-state index contributed by atoms with van der Waals surface area (Å²) in [5.74, 6) is 0.315. The fraction of sp³-hybridized carbons (Fsp3) is 0.632. The van der Waals surface area contributed by atoms with Crippen molar-refractivity contribution in [3.63, 3.8) is 0 Å². The Morgan fingerprint density at radius 1 is 1.08 bits per heavy atom. The molecule has 0 N–H and O–H groups in total. The molecular weight excluding hydrogens is 300 g/mol. The summed E-state index contributed by atoms with van der Waals surface area (Å²) in [5.41, 5.74) is 2.81. The van der Waals surface area contributed by atoms with E-state index in [9.17, 15) is 4.79 Å². The Hall–Kier alpha value is -1.59. The topological polar surface area (TPSA) is 30.0 Å². The number of benzene rings is 1. The minimum atomic E-state index is 0.00836. The maximum Gasteiger partial charge on any atom is 0.239 e. The third-order valence-electron chi connectivity index (χ3n) is 5.99. The van der Waals surface area contributed by atoms with E-state index in [4.69, 9.17) is 0 Å². The van der Waals surface area contributed by atoms with Gasteiger partial charge in [-0.2, -0.15) is 0 Å². The van der Waals surface area contributed by atoms with Gasteiger partial charge in [-0.3, -0.25) is 9.69 Å². The van der Waals surface area contributed by atoms with Crippen LogP contribution in [0.3, 0.4) is 0 Å². The Balaban J connectivity index is 1.39. The molecule has 0 saturated carbocycles. The van der Waals surface area contributed by atoms with Crippen molar-refractivity contribution >= 4 is 11.6 Å². The summed E-state index contributed by atoms with van der Waals surface area (Å²) in [6.07, 6.45) is 1.07. The van der Waals surface area contributed by atoms with E-state index >= 15 is 0 Å². The molecule has 2 saturated heterocycles. The molecule has 130 valence electrons. The highest BCUT2D eigenvalue weighted by molar-refractivity contribution is 5.82. The fourth-order valence-corrected chi connectivity index (χ4v) is 4.39. The van der Waals surface area contributed by atoms with Crippen LogP contribution < -0.4 is 4.90 Å². The zero-order valence-electron chi connectivity index (χ0n) is 14.8. The van der Waals surface area contributed by atoms with Crippen molar-refractivity contribution in [1.82, 2.24) is 14.7 Å². The van der Waals surface area contributed by atoms with Gasteiger partial charge in [0.05, 0.1) is 12.1 Å². The number of fused-ring (bicyclic) bond motifs is 3. The molecule has 3 aliphatic heterocycles. The van der Waals surface area contributed by atoms with Gasteiger partial charge < -0.3 is 14.7 Å². The summed E-state index contributed by atoms with van der Waals surface area (Å²) in [7, 11) is 2.15. The predicted octanol–water partition coefficient (Wildman–Crippen LogP) is 0.896. The highest BCUT2D eigenvalue weighted by Crippen LogP contribution is 2.34. The number of anilines is 1. The Bertz CT molecular complexity index is 611. The molecule has 5 heteroatoms. The van der Waals surface area contributed by atoms with Crippen molar-refractivity contribution in [2.45, 2.75) is 25.4 Å². The largest absolute Gasteiger partial charge is 0.364 e. The van der Waals surface area contributed by atoms with Crippen LogP contribution in [0.15, 0.2) is 24.3 Å². The lowest BCUT2D eigenvalue weighted by Crippen LogP contribution is -2.59. The number of para-hydroxylation sites is 1. The van der Waals surface area contributed by atoms with Crippen LogP contribution in [-0.2, 0) is 11.2 Å². The summed E-state index contributed by atoms with van der Waals surface area (Å²) in [5, 5.41) is 0. The lowest BCUT2D eigenvalue weighted by Gasteiger charge is -2.42. The van der Waals surface area contributed by atoms with Crippen molar-refractivity contribution in [1.29, 1.82) is 0 Å². The van der Waals surface area contributed by atoms with Gasteiger partial charge in [0.15, 0.2) is 0 Å². The SMILES string of the molecule is CC(C(=O)N1CCN2c3ccccc3CC2C1)N1CCN(C)CC1. The Kier molecular flexibility index (Phi) is 4.22. The fourth-order valence-electron chi connectivity index (χ4n) is 4.39. The third kappa shape index (κ3) is 2.80. The smallest absolute Gasteiger partial charge is 0.239 e. The van der Waals surface area contributed by atoms with Crippen LogP contribution in [0.2, 0.25) is 0 Å². The Morgan fingerprint density at radius 2 is 1.83 bits per heavy atom. The Labute approximate surface area is 144 Å². The molecule has 0 radical (unpaired) electrons. The number of rotatable bonds is 2. The van der Waals surface area contributed by atoms with Crippen LogP contribution >= 0.6 is 0 Å². The minimum absolute atomic E-state index is 0.00836. The van der Waals surface area contributed by atoms with Crippen LogP contribution in [0.25, 0.3) is 0 Å². The van der Waals surface area contributed by atoms with Crippen LogP contribution in [0.4, 0.5) is 5.69 Å². The van der Waals surface area contributed by atoms with Crippen molar-refractivity contribution in [2.75, 3.05) is 57.8 Å². The highest BCUT2D eigenvalue weighted by Gasteiger charge is 2.37. The minimum Gasteiger partial charge on any atom is -0.364 e. The monoisotopic (exact) mass is 328 g/mol. The molecule has 1 aromatic rings. The zero-order valence-corrected chi connectivity index (χ0v) is 14.8. The summed E-state index contributed by atoms with van der Waals surface area (Å²) < 4.78 is 0. The van der Waals surface area contributed by atoms with E-state index in [1.54, 1.807) is 0 Å². The van der Waals surface area contributed by atoms with Gasteiger partial charge in [0, 0.05) is 51.5 Å². The Morgan fingerprint density at radius 3 is 2.62 bits per heavy atom. The molecule has 0 spiro atoms. The van der Waals surface area contributed by atoms with Gasteiger partial charge in [-0.15, -0.1) is 0 Å². The molecule has 3 aliphatic rings. The van der Waals surface area contributed by atoms with Gasteiger partial charge in [0.1, 0.15) is 0 Å². The first kappa shape index (κ1) is 15.9. The van der Waals surface area contributed by atoms with Crippen molar-refractivity contribution in [3.8, 4) is 0 Å². The van der Waals surface area contributed by atoms with Gasteiger partial charge in [0.2, 0.25) is 5.91 Å². The molecule has 0 bridgehead atoms. The highest BCUT2D eigenvalue weighted by atomic mass is 16.2. The standard InChI is InChI=1S/C19H28N4O/c1-15(21-9-7-20(2)8-10-21)19(24)22-11-12-23-17(14-22)13-16-5-3-4-6-18(16)23/h3-6,15,17H,7-14H2,1-2H3. The molecule has 4 rings (SSSR count). The zero-order chi connectivity index (χ0) is 16.7. The predicted molar refractivity (Wildman–Crippen MR) is 96.4 cm³/mol. The van der Waals surface area contributed by atoms with E-state index in [2.05, 4.69) is 57.8 Å². The molecule has 5 nitrogen and oxygen atoms in total. The van der Waals surface area contributed by atoms with Crippen LogP contribution in [0, 0.1) is 0 Å². The second-order valence-corrected chi connectivity index (χ2v) is 7.48. The van der Waals surface area contributed by atoms with Gasteiger partial charge in [-0.05, 0) is 32.0 Å². The van der Waals surface area contributed by atoms with Gasteiger partial charge in [0.25, 0.3) is 0 Å². The number of hydrogen-bond donors (Lipinski definition) is 0. The number of carbonyl (C=O) groups excluding carboxylic acids is 1. The second-order valence-electron chi connectivity index (χ2n) is 7.48. The summed E-state index contributed by atoms with van der Waals surface area (Å²) in [6, 6.07) is 9.16. The molecule has 2 unspecified atom stereocenters. The number of nitrogens with zero attached hydrogens (tertiary/aromatic N) is 4. The van der Waals surface area contributed by atoms with E-state index < -0.39 is 0 Å². The first-order valence-electron chi connectivity index (χ1n) is 9.19. The van der Waals surface area contributed by atoms with E-state index in [0.717, 1.165) is 52.2 Å². The third-order valence-corrected chi connectivity index (χ3v) is 5.99. The van der Waals surface area contributed by atoms with E-state index in [1.165, 1.54) is 11.3 Å². The van der Waals surface area contributed by atoms with E-state index in [0.29, 0.717) is 11.9 Å². The molecule has 3 heterocycles. The van der Waals surface area contributed by atoms with E-state index in [1.807, 2.05) is 0 Å². The molecular formula is C19H28N4O. The molecule has 0 aliphatic carbocycles. The summed E-state index contributed by atoms with van der Waals surface area (Å²) in [4.78, 5) is 22.3. The van der Waals surface area contributed by atoms with Crippen LogP contribution in [0.1, 0.15) is 12.5 Å². The maximum atomic E-state index is 13.0. The first-order chi connectivity index (χ1) is 11.6. The quantitative estimate of drug-likeness (QED) is 0.807. The average Bonchev–Trinajstić information content (AvgIpc) is 2.99. The lowest BCUT2D eigenvalue weighted by molar-refractivity contribution is -0.137. The van der Waals surface area contributed by atoms with Gasteiger partial charge >= 0.3 is 0 Å². The van der Waals surface area contributed by atoms with Crippen LogP contribution in [-0.4, -0.2) is 85.6 Å². The molecule has 1 amide bonds. The lowest BCUT2D eigenvalue weighted by atomic mass is 10.1. The average molecular weight is 328 g/mol. The van der Waals surface area contributed by atoms with Gasteiger partial charge in [-0.25, -0.2) is 0 Å². The van der Waals surface area contributed by atoms with E-state index in [-0.39, 0.29) is 6.04 Å². The van der Waals surface area contributed by atoms with Crippen LogP contribution in [0.5, 0.6) is 0 Å². The maximum absolute atomic E-state index is 13.0. The number of piperazine rings is 2. The molecule has 1 aromatic carbocycles. The first-order valence-corrected chi connectivity index (χ1v) is 9.19. The molecule has 0 aromatic heterocycles. The second kappa shape index (κ2) is 6.37. The number of amides is 1. The van der Waals surface area contributed by atoms with Gasteiger partial charge in [-0.1, -0.05) is 18.2 Å². The van der Waals surface area contributed by atoms with Crippen molar-refractivity contribution in [2.24, 2.45) is 0 Å². The van der Waals surface area contributed by atoms with Crippen molar-refractivity contribution in [3.05, 3.63) is 29.8 Å².